The molecule has 0 aliphatic heterocycles. The predicted molar refractivity (Wildman–Crippen MR) is 107 cm³/mol. The molecule has 0 bridgehead atoms. The zero-order valence-corrected chi connectivity index (χ0v) is 16.5. The van der Waals surface area contributed by atoms with Gasteiger partial charge in [0, 0.05) is 17.0 Å². The first-order valence-corrected chi connectivity index (χ1v) is 9.57. The molecule has 2 heterocycles. The SMILES string of the molecule is COC(=O)Cn1c(C)cc2c1CCC/C2=N/OCc1cn(-c2ccccc2)nn1. The maximum atomic E-state index is 11.7. The monoisotopic (exact) mass is 393 g/mol. The van der Waals surface area contributed by atoms with Crippen LogP contribution in [-0.4, -0.2) is 38.4 Å². The first-order valence-electron chi connectivity index (χ1n) is 9.57. The first-order chi connectivity index (χ1) is 14.2. The lowest BCUT2D eigenvalue weighted by molar-refractivity contribution is -0.141. The van der Waals surface area contributed by atoms with Crippen LogP contribution in [-0.2, 0) is 33.9 Å². The number of aryl methyl sites for hydroxylation is 1. The average Bonchev–Trinajstić information content (AvgIpc) is 3.34. The number of para-hydroxylation sites is 1. The van der Waals surface area contributed by atoms with Gasteiger partial charge in [-0.1, -0.05) is 28.6 Å². The molecule has 2 aromatic heterocycles. The van der Waals surface area contributed by atoms with Gasteiger partial charge in [0.1, 0.15) is 12.2 Å². The van der Waals surface area contributed by atoms with Gasteiger partial charge in [0.15, 0.2) is 6.61 Å². The minimum atomic E-state index is -0.256. The third-order valence-corrected chi connectivity index (χ3v) is 5.02. The molecule has 0 radical (unpaired) electrons. The number of esters is 1. The van der Waals surface area contributed by atoms with Gasteiger partial charge < -0.3 is 14.1 Å². The molecule has 1 aromatic carbocycles. The van der Waals surface area contributed by atoms with Crippen LogP contribution < -0.4 is 0 Å². The summed E-state index contributed by atoms with van der Waals surface area (Å²) in [6, 6.07) is 11.8. The lowest BCUT2D eigenvalue weighted by Gasteiger charge is -2.17. The molecule has 1 aliphatic carbocycles. The molecule has 0 unspecified atom stereocenters. The Labute approximate surface area is 168 Å². The van der Waals surface area contributed by atoms with Crippen molar-refractivity contribution in [3.63, 3.8) is 0 Å². The van der Waals surface area contributed by atoms with Crippen molar-refractivity contribution < 1.29 is 14.4 Å². The number of methoxy groups -OCH3 is 1. The number of carbonyl (C=O) groups excluding carboxylic acids is 1. The quantitative estimate of drug-likeness (QED) is 0.475. The number of fused-ring (bicyclic) bond motifs is 1. The van der Waals surface area contributed by atoms with Gasteiger partial charge in [-0.05, 0) is 44.4 Å². The van der Waals surface area contributed by atoms with E-state index in [1.54, 1.807) is 4.68 Å². The molecule has 0 fully saturated rings. The topological polar surface area (TPSA) is 83.5 Å². The highest BCUT2D eigenvalue weighted by atomic mass is 16.6. The van der Waals surface area contributed by atoms with Crippen LogP contribution in [0.5, 0.6) is 0 Å². The van der Waals surface area contributed by atoms with Crippen LogP contribution in [0.2, 0.25) is 0 Å². The smallest absolute Gasteiger partial charge is 0.325 e. The second-order valence-electron chi connectivity index (χ2n) is 6.96. The van der Waals surface area contributed by atoms with Gasteiger partial charge in [0.25, 0.3) is 0 Å². The van der Waals surface area contributed by atoms with E-state index < -0.39 is 0 Å². The van der Waals surface area contributed by atoms with Crippen molar-refractivity contribution in [1.82, 2.24) is 19.6 Å². The normalized spacial score (nSPS) is 14.6. The fraction of sp³-hybridized carbons (Fsp3) is 0.333. The summed E-state index contributed by atoms with van der Waals surface area (Å²) in [6.45, 7) is 2.45. The summed E-state index contributed by atoms with van der Waals surface area (Å²) in [5.41, 5.74) is 5.71. The number of hydrogen-bond donors (Lipinski definition) is 0. The van der Waals surface area contributed by atoms with E-state index in [0.717, 1.165) is 47.6 Å². The van der Waals surface area contributed by atoms with Crippen molar-refractivity contribution in [3.8, 4) is 5.69 Å². The summed E-state index contributed by atoms with van der Waals surface area (Å²) >= 11 is 0. The highest BCUT2D eigenvalue weighted by Crippen LogP contribution is 2.26. The van der Waals surface area contributed by atoms with Gasteiger partial charge in [-0.2, -0.15) is 0 Å². The van der Waals surface area contributed by atoms with Gasteiger partial charge in [-0.15, -0.1) is 5.10 Å². The molecule has 1 aliphatic rings. The largest absolute Gasteiger partial charge is 0.468 e. The molecule has 0 amide bonds. The van der Waals surface area contributed by atoms with E-state index >= 15 is 0 Å². The van der Waals surface area contributed by atoms with E-state index in [1.807, 2.05) is 48.0 Å². The van der Waals surface area contributed by atoms with Crippen LogP contribution in [0.3, 0.4) is 0 Å². The molecule has 8 nitrogen and oxygen atoms in total. The average molecular weight is 393 g/mol. The minimum Gasteiger partial charge on any atom is -0.468 e. The van der Waals surface area contributed by atoms with Crippen molar-refractivity contribution in [2.75, 3.05) is 7.11 Å². The fourth-order valence-corrected chi connectivity index (χ4v) is 3.56. The predicted octanol–water partition coefficient (Wildman–Crippen LogP) is 2.81. The van der Waals surface area contributed by atoms with Crippen molar-refractivity contribution in [2.24, 2.45) is 5.16 Å². The van der Waals surface area contributed by atoms with E-state index in [0.29, 0.717) is 5.69 Å². The molecule has 0 N–H and O–H groups in total. The Morgan fingerprint density at radius 2 is 2.07 bits per heavy atom. The van der Waals surface area contributed by atoms with E-state index in [9.17, 15) is 4.79 Å². The highest BCUT2D eigenvalue weighted by Gasteiger charge is 2.23. The Morgan fingerprint density at radius 3 is 2.86 bits per heavy atom. The summed E-state index contributed by atoms with van der Waals surface area (Å²) < 4.78 is 8.53. The van der Waals surface area contributed by atoms with Gasteiger partial charge in [-0.3, -0.25) is 4.79 Å². The number of ether oxygens (including phenoxy) is 1. The molecular weight excluding hydrogens is 370 g/mol. The molecule has 0 atom stereocenters. The van der Waals surface area contributed by atoms with Gasteiger partial charge in [0.05, 0.1) is 24.7 Å². The van der Waals surface area contributed by atoms with Crippen LogP contribution in [0.15, 0.2) is 47.8 Å². The zero-order chi connectivity index (χ0) is 20.2. The Hall–Kier alpha value is -3.42. The summed E-state index contributed by atoms with van der Waals surface area (Å²) in [4.78, 5) is 17.3. The first kappa shape index (κ1) is 18.9. The Kier molecular flexibility index (Phi) is 5.41. The standard InChI is InChI=1S/C21H23N5O3/c1-15-11-18-19(9-6-10-20(18)25(15)13-21(27)28-2)23-29-14-16-12-26(24-22-16)17-7-4-3-5-8-17/h3-5,7-8,11-12H,6,9-10,13-14H2,1-2H3/b23-19-. The highest BCUT2D eigenvalue weighted by molar-refractivity contribution is 6.02. The summed E-state index contributed by atoms with van der Waals surface area (Å²) in [7, 11) is 1.41. The van der Waals surface area contributed by atoms with E-state index in [1.165, 1.54) is 7.11 Å². The Balaban J connectivity index is 1.46. The number of carbonyl (C=O) groups is 1. The van der Waals surface area contributed by atoms with E-state index in [2.05, 4.69) is 21.5 Å². The van der Waals surface area contributed by atoms with Crippen LogP contribution in [0.25, 0.3) is 5.69 Å². The maximum absolute atomic E-state index is 11.7. The van der Waals surface area contributed by atoms with Crippen molar-refractivity contribution in [2.45, 2.75) is 39.3 Å². The molecule has 0 saturated carbocycles. The molecule has 0 saturated heterocycles. The van der Waals surface area contributed by atoms with E-state index in [4.69, 9.17) is 9.57 Å². The zero-order valence-electron chi connectivity index (χ0n) is 16.5. The number of hydrogen-bond acceptors (Lipinski definition) is 6. The lowest BCUT2D eigenvalue weighted by atomic mass is 9.96. The second kappa shape index (κ2) is 8.30. The van der Waals surface area contributed by atoms with Crippen LogP contribution in [0.1, 0.15) is 35.5 Å². The molecule has 150 valence electrons. The van der Waals surface area contributed by atoms with E-state index in [-0.39, 0.29) is 19.1 Å². The number of benzene rings is 1. The fourth-order valence-electron chi connectivity index (χ4n) is 3.56. The van der Waals surface area contributed by atoms with Crippen molar-refractivity contribution in [1.29, 1.82) is 0 Å². The van der Waals surface area contributed by atoms with Crippen LogP contribution >= 0.6 is 0 Å². The summed E-state index contributed by atoms with van der Waals surface area (Å²) in [6.07, 6.45) is 4.54. The third-order valence-electron chi connectivity index (χ3n) is 5.02. The number of rotatable bonds is 6. The van der Waals surface area contributed by atoms with Crippen molar-refractivity contribution >= 4 is 11.7 Å². The molecule has 8 heteroatoms. The summed E-state index contributed by atoms with van der Waals surface area (Å²) in [5, 5.41) is 12.6. The Bertz CT molecular complexity index is 1040. The molecular formula is C21H23N5O3. The Morgan fingerprint density at radius 1 is 1.24 bits per heavy atom. The number of nitrogens with zero attached hydrogens (tertiary/aromatic N) is 5. The second-order valence-corrected chi connectivity index (χ2v) is 6.96. The molecule has 4 rings (SSSR count). The number of oxime groups is 1. The lowest BCUT2D eigenvalue weighted by Crippen LogP contribution is -2.19. The maximum Gasteiger partial charge on any atom is 0.325 e. The number of aromatic nitrogens is 4. The van der Waals surface area contributed by atoms with Crippen LogP contribution in [0, 0.1) is 6.92 Å². The van der Waals surface area contributed by atoms with Crippen LogP contribution in [0.4, 0.5) is 0 Å². The summed E-state index contributed by atoms with van der Waals surface area (Å²) in [5.74, 6) is -0.256. The molecule has 0 spiro atoms. The van der Waals surface area contributed by atoms with Crippen molar-refractivity contribution in [3.05, 3.63) is 65.2 Å². The van der Waals surface area contributed by atoms with Gasteiger partial charge >= 0.3 is 5.97 Å². The third kappa shape index (κ3) is 4.06. The molecule has 3 aromatic rings. The molecule has 29 heavy (non-hydrogen) atoms. The van der Waals surface area contributed by atoms with Gasteiger partial charge in [0.2, 0.25) is 0 Å². The van der Waals surface area contributed by atoms with Gasteiger partial charge in [-0.25, -0.2) is 4.68 Å². The minimum absolute atomic E-state index is 0.217.